The van der Waals surface area contributed by atoms with E-state index in [9.17, 15) is 0 Å². The van der Waals surface area contributed by atoms with Gasteiger partial charge in [0, 0.05) is 32.7 Å². The van der Waals surface area contributed by atoms with Gasteiger partial charge in [0.15, 0.2) is 0 Å². The number of piperazine rings is 1. The summed E-state index contributed by atoms with van der Waals surface area (Å²) in [6, 6.07) is 16.9. The Kier molecular flexibility index (Phi) is 4.11. The topological polar surface area (TPSA) is 32.5 Å². The number of para-hydroxylation sites is 1. The monoisotopic (exact) mass is 281 g/mol. The molecule has 0 aromatic heterocycles. The Balaban J connectivity index is 1.63. The van der Waals surface area contributed by atoms with Crippen LogP contribution < -0.4 is 10.6 Å². The van der Waals surface area contributed by atoms with Crippen molar-refractivity contribution in [2.75, 3.05) is 36.8 Å². The molecule has 0 atom stereocenters. The third-order valence-corrected chi connectivity index (χ3v) is 4.21. The van der Waals surface area contributed by atoms with Crippen LogP contribution in [0.5, 0.6) is 0 Å². The first kappa shape index (κ1) is 14.0. The number of aryl methyl sites for hydroxylation is 1. The van der Waals surface area contributed by atoms with Crippen LogP contribution in [0.3, 0.4) is 0 Å². The third kappa shape index (κ3) is 3.19. The molecule has 1 saturated heterocycles. The van der Waals surface area contributed by atoms with Gasteiger partial charge in [-0.25, -0.2) is 0 Å². The van der Waals surface area contributed by atoms with Crippen LogP contribution in [0.4, 0.5) is 11.4 Å². The van der Waals surface area contributed by atoms with E-state index in [4.69, 9.17) is 5.73 Å². The molecule has 3 heteroatoms. The summed E-state index contributed by atoms with van der Waals surface area (Å²) in [4.78, 5) is 4.94. The second-order valence-electron chi connectivity index (χ2n) is 5.76. The molecule has 1 aliphatic heterocycles. The molecular weight excluding hydrogens is 258 g/mol. The minimum Gasteiger partial charge on any atom is -0.397 e. The number of nitrogens with zero attached hydrogens (tertiary/aromatic N) is 2. The van der Waals surface area contributed by atoms with Crippen LogP contribution in [-0.2, 0) is 6.54 Å². The van der Waals surface area contributed by atoms with E-state index in [-0.39, 0.29) is 0 Å². The Labute approximate surface area is 127 Å². The summed E-state index contributed by atoms with van der Waals surface area (Å²) in [6.45, 7) is 7.44. The van der Waals surface area contributed by atoms with Gasteiger partial charge in [-0.15, -0.1) is 0 Å². The highest BCUT2D eigenvalue weighted by molar-refractivity contribution is 5.71. The van der Waals surface area contributed by atoms with E-state index < -0.39 is 0 Å². The van der Waals surface area contributed by atoms with Crippen molar-refractivity contribution in [1.82, 2.24) is 4.90 Å². The van der Waals surface area contributed by atoms with Gasteiger partial charge in [-0.1, -0.05) is 42.5 Å². The zero-order valence-corrected chi connectivity index (χ0v) is 12.6. The molecule has 2 aromatic rings. The summed E-state index contributed by atoms with van der Waals surface area (Å²) < 4.78 is 0. The average molecular weight is 281 g/mol. The van der Waals surface area contributed by atoms with Crippen LogP contribution in [0.1, 0.15) is 11.1 Å². The molecule has 3 rings (SSSR count). The highest BCUT2D eigenvalue weighted by Gasteiger charge is 2.19. The van der Waals surface area contributed by atoms with Gasteiger partial charge in [-0.2, -0.15) is 0 Å². The zero-order valence-electron chi connectivity index (χ0n) is 12.6. The summed E-state index contributed by atoms with van der Waals surface area (Å²) in [7, 11) is 0. The number of benzene rings is 2. The predicted octanol–water partition coefficient (Wildman–Crippen LogP) is 2.90. The number of hydrogen-bond acceptors (Lipinski definition) is 3. The highest BCUT2D eigenvalue weighted by Crippen LogP contribution is 2.28. The van der Waals surface area contributed by atoms with Gasteiger partial charge >= 0.3 is 0 Å². The first-order valence-corrected chi connectivity index (χ1v) is 7.60. The lowest BCUT2D eigenvalue weighted by Gasteiger charge is -2.37. The molecule has 0 radical (unpaired) electrons. The van der Waals surface area contributed by atoms with Crippen molar-refractivity contribution in [3.05, 3.63) is 59.7 Å². The quantitative estimate of drug-likeness (QED) is 0.878. The molecule has 2 aromatic carbocycles. The smallest absolute Gasteiger partial charge is 0.0630 e. The van der Waals surface area contributed by atoms with Gasteiger partial charge in [-0.05, 0) is 24.1 Å². The van der Waals surface area contributed by atoms with Crippen molar-refractivity contribution in [2.24, 2.45) is 0 Å². The Morgan fingerprint density at radius 2 is 1.62 bits per heavy atom. The van der Waals surface area contributed by atoms with Crippen molar-refractivity contribution >= 4 is 11.4 Å². The summed E-state index contributed by atoms with van der Waals surface area (Å²) in [5.41, 5.74) is 10.9. The van der Waals surface area contributed by atoms with Gasteiger partial charge in [0.1, 0.15) is 0 Å². The largest absolute Gasteiger partial charge is 0.397 e. The second kappa shape index (κ2) is 6.19. The van der Waals surface area contributed by atoms with Crippen LogP contribution in [0.15, 0.2) is 48.5 Å². The van der Waals surface area contributed by atoms with Gasteiger partial charge in [0.05, 0.1) is 11.4 Å². The molecule has 0 spiro atoms. The lowest BCUT2D eigenvalue weighted by Crippen LogP contribution is -2.46. The predicted molar refractivity (Wildman–Crippen MR) is 89.5 cm³/mol. The maximum Gasteiger partial charge on any atom is 0.0630 e. The van der Waals surface area contributed by atoms with Crippen LogP contribution >= 0.6 is 0 Å². The van der Waals surface area contributed by atoms with E-state index in [0.29, 0.717) is 0 Å². The summed E-state index contributed by atoms with van der Waals surface area (Å²) in [6.07, 6.45) is 0. The van der Waals surface area contributed by atoms with E-state index in [2.05, 4.69) is 53.1 Å². The fourth-order valence-electron chi connectivity index (χ4n) is 3.08. The number of anilines is 2. The molecule has 0 bridgehead atoms. The number of nitrogen functional groups attached to an aromatic ring is 1. The Bertz CT molecular complexity index is 566. The van der Waals surface area contributed by atoms with Gasteiger partial charge in [0.25, 0.3) is 0 Å². The molecule has 21 heavy (non-hydrogen) atoms. The van der Waals surface area contributed by atoms with E-state index in [1.54, 1.807) is 0 Å². The second-order valence-corrected chi connectivity index (χ2v) is 5.76. The molecule has 2 N–H and O–H groups in total. The molecule has 3 nitrogen and oxygen atoms in total. The van der Waals surface area contributed by atoms with Gasteiger partial charge in [-0.3, -0.25) is 4.90 Å². The summed E-state index contributed by atoms with van der Waals surface area (Å²) in [5, 5.41) is 0. The molecule has 0 amide bonds. The van der Waals surface area contributed by atoms with E-state index in [1.807, 2.05) is 12.1 Å². The zero-order chi connectivity index (χ0) is 14.7. The number of nitrogens with two attached hydrogens (primary N) is 1. The molecule has 1 heterocycles. The molecule has 1 fully saturated rings. The minimum absolute atomic E-state index is 0.895. The average Bonchev–Trinajstić information content (AvgIpc) is 2.50. The van der Waals surface area contributed by atoms with Crippen LogP contribution in [-0.4, -0.2) is 31.1 Å². The van der Waals surface area contributed by atoms with E-state index in [1.165, 1.54) is 16.8 Å². The van der Waals surface area contributed by atoms with E-state index >= 15 is 0 Å². The van der Waals surface area contributed by atoms with Crippen molar-refractivity contribution in [2.45, 2.75) is 13.5 Å². The number of rotatable bonds is 3. The molecule has 0 unspecified atom stereocenters. The van der Waals surface area contributed by atoms with Crippen molar-refractivity contribution in [1.29, 1.82) is 0 Å². The Morgan fingerprint density at radius 1 is 0.905 bits per heavy atom. The molecule has 0 aliphatic carbocycles. The number of hydrogen-bond donors (Lipinski definition) is 1. The minimum atomic E-state index is 0.895. The van der Waals surface area contributed by atoms with Crippen LogP contribution in [0, 0.1) is 6.92 Å². The van der Waals surface area contributed by atoms with E-state index in [0.717, 1.165) is 38.4 Å². The van der Waals surface area contributed by atoms with Crippen molar-refractivity contribution < 1.29 is 0 Å². The molecule has 0 saturated carbocycles. The molecule has 1 aliphatic rings. The van der Waals surface area contributed by atoms with Gasteiger partial charge < -0.3 is 10.6 Å². The normalized spacial score (nSPS) is 16.1. The van der Waals surface area contributed by atoms with Gasteiger partial charge in [0.2, 0.25) is 0 Å². The van der Waals surface area contributed by atoms with Crippen molar-refractivity contribution in [3.8, 4) is 0 Å². The fraction of sp³-hybridized carbons (Fsp3) is 0.333. The Morgan fingerprint density at radius 3 is 2.29 bits per heavy atom. The maximum atomic E-state index is 6.16. The summed E-state index contributed by atoms with van der Waals surface area (Å²) >= 11 is 0. The summed E-state index contributed by atoms with van der Waals surface area (Å²) in [5.74, 6) is 0. The highest BCUT2D eigenvalue weighted by atomic mass is 15.3. The van der Waals surface area contributed by atoms with Crippen LogP contribution in [0.25, 0.3) is 0 Å². The van der Waals surface area contributed by atoms with Crippen molar-refractivity contribution in [3.63, 3.8) is 0 Å². The first-order valence-electron chi connectivity index (χ1n) is 7.60. The standard InChI is InChI=1S/C18H23N3/c1-15-6-5-9-17(19)18(15)21-12-10-20(11-13-21)14-16-7-3-2-4-8-16/h2-9H,10-14,19H2,1H3. The first-order chi connectivity index (χ1) is 10.2. The SMILES string of the molecule is Cc1cccc(N)c1N1CCN(Cc2ccccc2)CC1. The molecular formula is C18H23N3. The maximum absolute atomic E-state index is 6.16. The lowest BCUT2D eigenvalue weighted by atomic mass is 10.1. The van der Waals surface area contributed by atoms with Crippen LogP contribution in [0.2, 0.25) is 0 Å². The molecule has 110 valence electrons. The fourth-order valence-corrected chi connectivity index (χ4v) is 3.08. The Hall–Kier alpha value is -2.00. The third-order valence-electron chi connectivity index (χ3n) is 4.21. The lowest BCUT2D eigenvalue weighted by molar-refractivity contribution is 0.250.